The molecule has 0 saturated heterocycles. The van der Waals surface area contributed by atoms with Gasteiger partial charge in [-0.3, -0.25) is 0 Å². The molecular formula is C39H39FeNOP2+2. The third-order valence-electron chi connectivity index (χ3n) is 7.59. The summed E-state index contributed by atoms with van der Waals surface area (Å²) < 4.78 is 0. The first-order chi connectivity index (χ1) is 21.2. The first-order valence-electron chi connectivity index (χ1n) is 14.8. The van der Waals surface area contributed by atoms with E-state index in [1.165, 1.54) is 38.5 Å². The number of benzene rings is 4. The summed E-state index contributed by atoms with van der Waals surface area (Å²) >= 11 is 0. The Morgan fingerprint density at radius 2 is 0.977 bits per heavy atom. The fraction of sp³-hybridized carbons (Fsp3) is 0.128. The molecule has 222 valence electrons. The van der Waals surface area contributed by atoms with E-state index < -0.39 is 15.8 Å². The molecule has 0 heterocycles. The summed E-state index contributed by atoms with van der Waals surface area (Å²) in [6.45, 7) is 3.08. The van der Waals surface area contributed by atoms with Crippen LogP contribution < -0.4 is 21.2 Å². The molecule has 6 rings (SSSR count). The first kappa shape index (κ1) is 35.0. The molecule has 0 unspecified atom stereocenters. The first-order valence-corrected chi connectivity index (χ1v) is 17.4. The summed E-state index contributed by atoms with van der Waals surface area (Å²) in [5.74, 6) is 1.36. The molecule has 2 aliphatic rings. The molecule has 5 heteroatoms. The Morgan fingerprint density at radius 1 is 0.568 bits per heavy atom. The summed E-state index contributed by atoms with van der Waals surface area (Å²) in [7, 11) is 1.08. The van der Waals surface area contributed by atoms with Crippen LogP contribution in [0.4, 0.5) is 0 Å². The van der Waals surface area contributed by atoms with Crippen molar-refractivity contribution >= 4 is 37.1 Å². The van der Waals surface area contributed by atoms with Gasteiger partial charge in [0.1, 0.15) is 0 Å². The quantitative estimate of drug-likeness (QED) is 0.153. The molecule has 4 aromatic carbocycles. The number of hydrogen-bond acceptors (Lipinski definition) is 2. The topological polar surface area (TPSA) is 23.5 Å². The number of rotatable bonds is 10. The van der Waals surface area contributed by atoms with Gasteiger partial charge in [0.05, 0.1) is 6.61 Å². The third-order valence-corrected chi connectivity index (χ3v) is 12.6. The number of nitrogens with zero attached hydrogens (tertiary/aromatic N) is 1. The zero-order valence-corrected chi connectivity index (χ0v) is 28.1. The average molecular weight is 656 g/mol. The van der Waals surface area contributed by atoms with E-state index in [4.69, 9.17) is 0 Å². The predicted octanol–water partition coefficient (Wildman–Crippen LogP) is 6.64. The van der Waals surface area contributed by atoms with Crippen LogP contribution in [0.3, 0.4) is 0 Å². The van der Waals surface area contributed by atoms with Crippen LogP contribution in [0.2, 0.25) is 0 Å². The van der Waals surface area contributed by atoms with Crippen LogP contribution in [0.1, 0.15) is 6.92 Å². The van der Waals surface area contributed by atoms with Crippen molar-refractivity contribution in [3.05, 3.63) is 184 Å². The maximum Gasteiger partial charge on any atom is 2.00 e. The zero-order valence-electron chi connectivity index (χ0n) is 25.2. The maximum absolute atomic E-state index is 9.28. The molecule has 44 heavy (non-hydrogen) atoms. The zero-order chi connectivity index (χ0) is 29.9. The molecule has 0 aromatic heterocycles. The predicted molar refractivity (Wildman–Crippen MR) is 187 cm³/mol. The minimum atomic E-state index is -0.585. The van der Waals surface area contributed by atoms with Crippen LogP contribution in [0.15, 0.2) is 121 Å². The fourth-order valence-electron chi connectivity index (χ4n) is 5.27. The van der Waals surface area contributed by atoms with Crippen LogP contribution in [0.25, 0.3) is 0 Å². The summed E-state index contributed by atoms with van der Waals surface area (Å²) in [6.07, 6.45) is 15.4. The minimum absolute atomic E-state index is 0. The Balaban J connectivity index is 0.000000206. The summed E-state index contributed by atoms with van der Waals surface area (Å²) in [4.78, 5) is 2.21. The molecule has 2 nitrogen and oxygen atoms in total. The van der Waals surface area contributed by atoms with Gasteiger partial charge in [0, 0.05) is 29.8 Å². The molecule has 2 aliphatic carbocycles. The van der Waals surface area contributed by atoms with Gasteiger partial charge in [-0.2, -0.15) is 0 Å². The smallest absolute Gasteiger partial charge is 0.395 e. The van der Waals surface area contributed by atoms with Crippen molar-refractivity contribution in [2.24, 2.45) is 0 Å². The molecule has 1 N–H and O–H groups in total. The molecule has 1 atom stereocenters. The van der Waals surface area contributed by atoms with E-state index in [0.29, 0.717) is 6.54 Å². The summed E-state index contributed by atoms with van der Waals surface area (Å²) in [5.41, 5.74) is 2.83. The van der Waals surface area contributed by atoms with Gasteiger partial charge in [-0.05, 0) is 96.0 Å². The summed E-state index contributed by atoms with van der Waals surface area (Å²) in [6, 6.07) is 43.4. The molecular weight excluding hydrogens is 616 g/mol. The Labute approximate surface area is 279 Å². The molecule has 0 aliphatic heterocycles. The standard InChI is InChI=1S/C22H25NOP.C17H14P.Fe/c1-18(23(2)16-17-24)21-14-9-15-22(21)25(19-10-5-3-6-11-19)20-12-7-4-8-13-20;1-3-9-15(10-4-1)18(17-13-7-8-14-17)16-11-5-2-6-12-16;/h3-15,18,24H,16-17H2,1-2H3;1-14H;/q;;+2/t18-;;/m1../s1. The van der Waals surface area contributed by atoms with Crippen molar-refractivity contribution in [2.45, 2.75) is 13.0 Å². The molecule has 0 amide bonds. The average Bonchev–Trinajstić information content (AvgIpc) is 3.77. The van der Waals surface area contributed by atoms with Gasteiger partial charge >= 0.3 is 17.1 Å². The van der Waals surface area contributed by atoms with E-state index in [0.717, 1.165) is 0 Å². The second kappa shape index (κ2) is 18.4. The molecule has 2 saturated carbocycles. The van der Waals surface area contributed by atoms with Crippen LogP contribution >= 0.6 is 15.8 Å². The SMILES string of the molecule is C[C@H]([C]1[CH][CH][CH][C]1P(c1ccccc1)c1ccccc1)N(C)CCO.[CH]1[CH][CH][C](P(c2ccccc2)c2ccccc2)[CH]1.[Fe+2]. The van der Waals surface area contributed by atoms with Gasteiger partial charge in [-0.25, -0.2) is 0 Å². The van der Waals surface area contributed by atoms with Crippen molar-refractivity contribution in [1.29, 1.82) is 0 Å². The van der Waals surface area contributed by atoms with E-state index in [1.807, 2.05) is 0 Å². The second-order valence-corrected chi connectivity index (χ2v) is 14.8. The van der Waals surface area contributed by atoms with Crippen molar-refractivity contribution in [3.63, 3.8) is 0 Å². The van der Waals surface area contributed by atoms with Gasteiger partial charge in [-0.15, -0.1) is 0 Å². The third kappa shape index (κ3) is 9.13. The Bertz CT molecular complexity index is 1240. The fourth-order valence-corrected chi connectivity index (χ4v) is 10.1. The van der Waals surface area contributed by atoms with Crippen LogP contribution in [-0.2, 0) is 17.1 Å². The number of hydrogen-bond donors (Lipinski definition) is 1. The van der Waals surface area contributed by atoms with Crippen molar-refractivity contribution in [3.8, 4) is 0 Å². The van der Waals surface area contributed by atoms with E-state index in [2.05, 4.69) is 185 Å². The van der Waals surface area contributed by atoms with E-state index in [9.17, 15) is 5.11 Å². The van der Waals surface area contributed by atoms with Gasteiger partial charge < -0.3 is 10.0 Å². The Hall–Kier alpha value is -1.82. The molecule has 0 spiro atoms. The van der Waals surface area contributed by atoms with Gasteiger partial charge in [0.25, 0.3) is 0 Å². The van der Waals surface area contributed by atoms with Crippen LogP contribution in [0.5, 0.6) is 0 Å². The normalized spacial score (nSPS) is 16.6. The van der Waals surface area contributed by atoms with E-state index >= 15 is 0 Å². The number of likely N-dealkylation sites (N-methyl/N-ethyl adjacent to an activating group) is 1. The number of aliphatic hydroxyl groups excluding tert-OH is 1. The monoisotopic (exact) mass is 655 g/mol. The van der Waals surface area contributed by atoms with E-state index in [1.54, 1.807) is 0 Å². The molecule has 0 bridgehead atoms. The van der Waals surface area contributed by atoms with Gasteiger partial charge in [0.15, 0.2) is 0 Å². The van der Waals surface area contributed by atoms with Crippen molar-refractivity contribution < 1.29 is 22.2 Å². The second-order valence-electron chi connectivity index (χ2n) is 10.4. The largest absolute Gasteiger partial charge is 2.00 e. The van der Waals surface area contributed by atoms with Gasteiger partial charge in [-0.1, -0.05) is 121 Å². The number of aliphatic hydroxyl groups is 1. The Morgan fingerprint density at radius 3 is 1.39 bits per heavy atom. The maximum atomic E-state index is 9.28. The molecule has 4 aromatic rings. The molecule has 2 fully saturated rings. The van der Waals surface area contributed by atoms with Crippen molar-refractivity contribution in [2.75, 3.05) is 20.2 Å². The van der Waals surface area contributed by atoms with Crippen molar-refractivity contribution in [1.82, 2.24) is 4.90 Å². The van der Waals surface area contributed by atoms with Crippen LogP contribution in [-0.4, -0.2) is 36.2 Å². The Kier molecular flexibility index (Phi) is 14.6. The van der Waals surface area contributed by atoms with E-state index in [-0.39, 0.29) is 29.7 Å². The minimum Gasteiger partial charge on any atom is -0.395 e. The summed E-state index contributed by atoms with van der Waals surface area (Å²) in [5, 5.41) is 14.8. The molecule has 10 radical (unpaired) electrons. The van der Waals surface area contributed by atoms with Crippen LogP contribution in [0, 0.1) is 62.2 Å². The van der Waals surface area contributed by atoms with Gasteiger partial charge in [0.2, 0.25) is 0 Å².